The zero-order valence-electron chi connectivity index (χ0n) is 18.3. The van der Waals surface area contributed by atoms with Crippen LogP contribution in [-0.4, -0.2) is 42.9 Å². The maximum atomic E-state index is 13.3. The van der Waals surface area contributed by atoms with Crippen molar-refractivity contribution in [3.63, 3.8) is 0 Å². The van der Waals surface area contributed by atoms with E-state index in [1.54, 1.807) is 17.4 Å². The van der Waals surface area contributed by atoms with Crippen LogP contribution in [0.3, 0.4) is 0 Å². The molecule has 1 aromatic heterocycles. The minimum Gasteiger partial charge on any atom is -0.486 e. The molecule has 0 N–H and O–H groups in total. The second-order valence-electron chi connectivity index (χ2n) is 8.91. The third-order valence-electron chi connectivity index (χ3n) is 6.93. The van der Waals surface area contributed by atoms with E-state index < -0.39 is 0 Å². The average molecular weight is 460 g/mol. The topological polar surface area (TPSA) is 55.8 Å². The van der Waals surface area contributed by atoms with Gasteiger partial charge in [0.25, 0.3) is 5.91 Å². The highest BCUT2D eigenvalue weighted by molar-refractivity contribution is 7.17. The molecule has 3 heterocycles. The van der Waals surface area contributed by atoms with Gasteiger partial charge in [0, 0.05) is 29.4 Å². The molecule has 1 aliphatic carbocycles. The lowest BCUT2D eigenvalue weighted by atomic mass is 9.88. The zero-order valence-corrected chi connectivity index (χ0v) is 19.2. The molecule has 5 nitrogen and oxygen atoms in total. The van der Waals surface area contributed by atoms with Crippen molar-refractivity contribution in [2.24, 2.45) is 5.92 Å². The molecule has 0 bridgehead atoms. The third-order valence-corrected chi connectivity index (χ3v) is 8.12. The van der Waals surface area contributed by atoms with E-state index in [9.17, 15) is 9.59 Å². The summed E-state index contributed by atoms with van der Waals surface area (Å²) in [5, 5.41) is 0. The monoisotopic (exact) mass is 459 g/mol. The minimum absolute atomic E-state index is 0.0694. The van der Waals surface area contributed by atoms with Crippen molar-refractivity contribution >= 4 is 23.0 Å². The molecule has 2 aliphatic heterocycles. The van der Waals surface area contributed by atoms with Crippen LogP contribution >= 0.6 is 11.3 Å². The van der Waals surface area contributed by atoms with Crippen LogP contribution in [0.25, 0.3) is 10.4 Å². The van der Waals surface area contributed by atoms with Crippen molar-refractivity contribution in [2.75, 3.05) is 26.3 Å². The van der Waals surface area contributed by atoms with Gasteiger partial charge >= 0.3 is 0 Å². The van der Waals surface area contributed by atoms with E-state index in [-0.39, 0.29) is 17.6 Å². The fourth-order valence-electron chi connectivity index (χ4n) is 5.11. The first kappa shape index (κ1) is 20.5. The van der Waals surface area contributed by atoms with Crippen LogP contribution in [-0.2, 0) is 12.8 Å². The van der Waals surface area contributed by atoms with E-state index in [0.717, 1.165) is 17.7 Å². The normalized spacial score (nSPS) is 17.3. The summed E-state index contributed by atoms with van der Waals surface area (Å²) < 4.78 is 11.2. The molecular weight excluding hydrogens is 434 g/mol. The van der Waals surface area contributed by atoms with Gasteiger partial charge in [-0.1, -0.05) is 24.3 Å². The lowest BCUT2D eigenvalue weighted by Crippen LogP contribution is -2.40. The number of rotatable bonds is 3. The summed E-state index contributed by atoms with van der Waals surface area (Å²) in [5.74, 6) is 1.49. The van der Waals surface area contributed by atoms with E-state index in [2.05, 4.69) is 30.3 Å². The Bertz CT molecular complexity index is 1240. The Kier molecular flexibility index (Phi) is 5.18. The Balaban J connectivity index is 1.13. The van der Waals surface area contributed by atoms with Gasteiger partial charge in [-0.25, -0.2) is 0 Å². The fourth-order valence-corrected chi connectivity index (χ4v) is 6.35. The molecule has 0 unspecified atom stereocenters. The van der Waals surface area contributed by atoms with Crippen LogP contribution in [0, 0.1) is 5.92 Å². The van der Waals surface area contributed by atoms with Gasteiger partial charge in [0.15, 0.2) is 17.3 Å². The van der Waals surface area contributed by atoms with Crippen molar-refractivity contribution in [3.8, 4) is 21.9 Å². The Hall–Kier alpha value is -3.12. The van der Waals surface area contributed by atoms with Crippen LogP contribution in [0.1, 0.15) is 44.0 Å². The number of carbonyl (C=O) groups is 2. The number of ether oxygens (including phenoxy) is 2. The number of carbonyl (C=O) groups excluding carboxylic acids is 2. The van der Waals surface area contributed by atoms with Gasteiger partial charge in [0.1, 0.15) is 13.2 Å². The standard InChI is InChI=1S/C27H25NO4S/c29-25(19-7-8-22-23(15-19)32-14-13-31-22)18-9-11-28(12-10-18)27(30)24-16-20-6-5-17-3-1-2-4-21(17)26(20)33-24/h1-4,7-8,15-16,18H,5-6,9-14H2. The number of benzene rings is 2. The SMILES string of the molecule is O=C(c1ccc2c(c1)OCCO2)C1CCN(C(=O)c2cc3c(s2)-c2ccccc2CC3)CC1. The van der Waals surface area contributed by atoms with Crippen LogP contribution in [0.15, 0.2) is 48.5 Å². The second-order valence-corrected chi connectivity index (χ2v) is 9.96. The van der Waals surface area contributed by atoms with Gasteiger partial charge in [-0.3, -0.25) is 9.59 Å². The molecule has 6 heteroatoms. The maximum absolute atomic E-state index is 13.3. The molecule has 3 aromatic rings. The molecule has 33 heavy (non-hydrogen) atoms. The first-order valence-corrected chi connectivity index (χ1v) is 12.4. The van der Waals surface area contributed by atoms with Crippen LogP contribution in [0.2, 0.25) is 0 Å². The van der Waals surface area contributed by atoms with Gasteiger partial charge in [-0.15, -0.1) is 11.3 Å². The predicted molar refractivity (Wildman–Crippen MR) is 128 cm³/mol. The van der Waals surface area contributed by atoms with Gasteiger partial charge in [0.05, 0.1) is 4.88 Å². The van der Waals surface area contributed by atoms with Gasteiger partial charge in [-0.2, -0.15) is 0 Å². The van der Waals surface area contributed by atoms with Crippen LogP contribution < -0.4 is 9.47 Å². The average Bonchev–Trinajstić information content (AvgIpc) is 3.33. The molecule has 1 saturated heterocycles. The minimum atomic E-state index is -0.0694. The summed E-state index contributed by atoms with van der Waals surface area (Å²) >= 11 is 1.61. The van der Waals surface area contributed by atoms with Crippen LogP contribution in [0.5, 0.6) is 11.5 Å². The van der Waals surface area contributed by atoms with E-state index in [1.807, 2.05) is 17.0 Å². The number of thiophene rings is 1. The van der Waals surface area contributed by atoms with Crippen molar-refractivity contribution in [2.45, 2.75) is 25.7 Å². The number of nitrogens with zero attached hydrogens (tertiary/aromatic N) is 1. The lowest BCUT2D eigenvalue weighted by Gasteiger charge is -2.31. The molecule has 0 spiro atoms. The van der Waals surface area contributed by atoms with Crippen molar-refractivity contribution in [1.29, 1.82) is 0 Å². The zero-order chi connectivity index (χ0) is 22.4. The number of amides is 1. The summed E-state index contributed by atoms with van der Waals surface area (Å²) in [6.07, 6.45) is 3.39. The number of piperidine rings is 1. The number of likely N-dealkylation sites (tertiary alicyclic amines) is 1. The molecule has 1 amide bonds. The number of hydrogen-bond acceptors (Lipinski definition) is 5. The Morgan fingerprint density at radius 3 is 2.48 bits per heavy atom. The van der Waals surface area contributed by atoms with Gasteiger partial charge < -0.3 is 14.4 Å². The maximum Gasteiger partial charge on any atom is 0.263 e. The Labute approximate surface area is 196 Å². The molecule has 0 radical (unpaired) electrons. The lowest BCUT2D eigenvalue weighted by molar-refractivity contribution is 0.0654. The van der Waals surface area contributed by atoms with Crippen LogP contribution in [0.4, 0.5) is 0 Å². The summed E-state index contributed by atoms with van der Waals surface area (Å²) in [6, 6.07) is 16.0. The predicted octanol–water partition coefficient (Wildman–Crippen LogP) is 5.02. The van der Waals surface area contributed by atoms with E-state index >= 15 is 0 Å². The summed E-state index contributed by atoms with van der Waals surface area (Å²) in [7, 11) is 0. The molecular formula is C27H25NO4S. The molecule has 6 rings (SSSR count). The first-order valence-electron chi connectivity index (χ1n) is 11.6. The van der Waals surface area contributed by atoms with E-state index in [1.165, 1.54) is 21.6 Å². The number of aryl methyl sites for hydroxylation is 2. The highest BCUT2D eigenvalue weighted by Crippen LogP contribution is 2.40. The number of fused-ring (bicyclic) bond motifs is 4. The number of ketones is 1. The Morgan fingerprint density at radius 1 is 0.879 bits per heavy atom. The van der Waals surface area contributed by atoms with Crippen molar-refractivity contribution in [1.82, 2.24) is 4.90 Å². The Morgan fingerprint density at radius 2 is 1.64 bits per heavy atom. The van der Waals surface area contributed by atoms with Gasteiger partial charge in [0.2, 0.25) is 0 Å². The first-order chi connectivity index (χ1) is 16.2. The molecule has 0 atom stereocenters. The number of hydrogen-bond donors (Lipinski definition) is 0. The fraction of sp³-hybridized carbons (Fsp3) is 0.333. The number of Topliss-reactive ketones (excluding diaryl/α,β-unsaturated/α-hetero) is 1. The largest absolute Gasteiger partial charge is 0.486 e. The van der Waals surface area contributed by atoms with Crippen molar-refractivity contribution in [3.05, 3.63) is 70.1 Å². The highest BCUT2D eigenvalue weighted by Gasteiger charge is 2.30. The third kappa shape index (κ3) is 3.72. The molecule has 0 saturated carbocycles. The van der Waals surface area contributed by atoms with Gasteiger partial charge in [-0.05, 0) is 66.6 Å². The summed E-state index contributed by atoms with van der Waals surface area (Å²) in [4.78, 5) is 30.3. The van der Waals surface area contributed by atoms with E-state index in [4.69, 9.17) is 9.47 Å². The smallest absolute Gasteiger partial charge is 0.263 e. The second kappa shape index (κ2) is 8.34. The summed E-state index contributed by atoms with van der Waals surface area (Å²) in [5.41, 5.74) is 4.58. The molecule has 3 aliphatic rings. The molecule has 1 fully saturated rings. The highest BCUT2D eigenvalue weighted by atomic mass is 32.1. The molecule has 2 aromatic carbocycles. The van der Waals surface area contributed by atoms with Crippen molar-refractivity contribution < 1.29 is 19.1 Å². The quantitative estimate of drug-likeness (QED) is 0.516. The summed E-state index contributed by atoms with van der Waals surface area (Å²) in [6.45, 7) is 2.26. The molecule has 168 valence electrons. The van der Waals surface area contributed by atoms with E-state index in [0.29, 0.717) is 56.2 Å².